The minimum absolute atomic E-state index is 0.0773. The molecule has 2 aromatic rings. The van der Waals surface area contributed by atoms with Crippen molar-refractivity contribution in [3.05, 3.63) is 42.1 Å². The lowest BCUT2D eigenvalue weighted by molar-refractivity contribution is 0.0924. The lowest BCUT2D eigenvalue weighted by Crippen LogP contribution is -2.34. The quantitative estimate of drug-likeness (QED) is 0.883. The van der Waals surface area contributed by atoms with Gasteiger partial charge in [-0.25, -0.2) is 0 Å². The first-order chi connectivity index (χ1) is 9.08. The number of aliphatic hydroxyl groups excluding tert-OH is 1. The van der Waals surface area contributed by atoms with Crippen LogP contribution < -0.4 is 5.32 Å². The molecular formula is C15H18N2O2. The zero-order chi connectivity index (χ0) is 13.8. The third-order valence-corrected chi connectivity index (χ3v) is 2.95. The Bertz CT molecular complexity index is 576. The van der Waals surface area contributed by atoms with E-state index in [4.69, 9.17) is 0 Å². The zero-order valence-corrected chi connectivity index (χ0v) is 11.1. The number of fused-ring (bicyclic) bond motifs is 1. The maximum absolute atomic E-state index is 12.2. The van der Waals surface area contributed by atoms with Crippen LogP contribution in [0, 0.1) is 0 Å². The van der Waals surface area contributed by atoms with Crippen molar-refractivity contribution in [1.82, 2.24) is 10.3 Å². The van der Waals surface area contributed by atoms with Crippen LogP contribution in [0.25, 0.3) is 10.9 Å². The number of aromatic nitrogens is 1. The van der Waals surface area contributed by atoms with Crippen molar-refractivity contribution in [2.45, 2.75) is 32.4 Å². The minimum atomic E-state index is -0.430. The highest BCUT2D eigenvalue weighted by Gasteiger charge is 2.14. The summed E-state index contributed by atoms with van der Waals surface area (Å²) in [6.45, 7) is 3.59. The molecule has 0 radical (unpaired) electrons. The highest BCUT2D eigenvalue weighted by atomic mass is 16.3. The van der Waals surface area contributed by atoms with Gasteiger partial charge in [-0.05, 0) is 32.4 Å². The number of nitrogens with zero attached hydrogens (tertiary/aromatic N) is 1. The molecule has 0 bridgehead atoms. The fourth-order valence-electron chi connectivity index (χ4n) is 2.16. The van der Waals surface area contributed by atoms with Crippen LogP contribution in [0.5, 0.6) is 0 Å². The summed E-state index contributed by atoms with van der Waals surface area (Å²) >= 11 is 0. The van der Waals surface area contributed by atoms with Crippen LogP contribution in [-0.2, 0) is 0 Å². The number of hydrogen-bond donors (Lipinski definition) is 2. The first-order valence-corrected chi connectivity index (χ1v) is 6.40. The summed E-state index contributed by atoms with van der Waals surface area (Å²) < 4.78 is 0. The Kier molecular flexibility index (Phi) is 4.12. The van der Waals surface area contributed by atoms with E-state index in [1.807, 2.05) is 31.2 Å². The Morgan fingerprint density at radius 3 is 2.79 bits per heavy atom. The van der Waals surface area contributed by atoms with Crippen molar-refractivity contribution in [3.63, 3.8) is 0 Å². The number of amides is 1. The number of nitrogens with one attached hydrogen (secondary N) is 1. The van der Waals surface area contributed by atoms with Crippen molar-refractivity contribution in [3.8, 4) is 0 Å². The van der Waals surface area contributed by atoms with E-state index >= 15 is 0 Å². The van der Waals surface area contributed by atoms with Crippen LogP contribution in [0.4, 0.5) is 0 Å². The topological polar surface area (TPSA) is 62.2 Å². The van der Waals surface area contributed by atoms with E-state index in [-0.39, 0.29) is 11.9 Å². The van der Waals surface area contributed by atoms with Gasteiger partial charge >= 0.3 is 0 Å². The Hall–Kier alpha value is -1.94. The summed E-state index contributed by atoms with van der Waals surface area (Å²) in [5.41, 5.74) is 1.27. The molecule has 19 heavy (non-hydrogen) atoms. The predicted octanol–water partition coefficient (Wildman–Crippen LogP) is 2.12. The van der Waals surface area contributed by atoms with E-state index in [1.165, 1.54) is 0 Å². The molecule has 4 heteroatoms. The molecule has 0 aliphatic rings. The molecule has 1 aromatic heterocycles. The summed E-state index contributed by atoms with van der Waals surface area (Å²) in [5, 5.41) is 13.1. The number of rotatable bonds is 4. The first-order valence-electron chi connectivity index (χ1n) is 6.40. The van der Waals surface area contributed by atoms with Crippen molar-refractivity contribution in [1.29, 1.82) is 0 Å². The third kappa shape index (κ3) is 3.29. The minimum Gasteiger partial charge on any atom is -0.393 e. The second kappa shape index (κ2) is 5.80. The molecule has 2 atom stereocenters. The fraction of sp³-hybridized carbons (Fsp3) is 0.333. The van der Waals surface area contributed by atoms with Crippen molar-refractivity contribution in [2.75, 3.05) is 0 Å². The molecule has 0 spiro atoms. The van der Waals surface area contributed by atoms with Gasteiger partial charge in [0.1, 0.15) is 0 Å². The van der Waals surface area contributed by atoms with Gasteiger partial charge in [-0.2, -0.15) is 0 Å². The maximum atomic E-state index is 12.2. The Balaban J connectivity index is 2.22. The largest absolute Gasteiger partial charge is 0.393 e. The smallest absolute Gasteiger partial charge is 0.253 e. The van der Waals surface area contributed by atoms with Gasteiger partial charge in [0.15, 0.2) is 0 Å². The molecule has 1 amide bonds. The molecule has 0 aliphatic heterocycles. The van der Waals surface area contributed by atoms with E-state index in [1.54, 1.807) is 19.2 Å². The summed E-state index contributed by atoms with van der Waals surface area (Å²) in [6.07, 6.45) is 1.78. The van der Waals surface area contributed by atoms with E-state index in [0.29, 0.717) is 17.5 Å². The van der Waals surface area contributed by atoms with Crippen LogP contribution in [0.3, 0.4) is 0 Å². The standard InChI is InChI=1S/C15H18N2O2/c1-10(9-11(2)18)17-15(19)13-7-3-5-12-6-4-8-16-14(12)13/h3-8,10-11,18H,9H2,1-2H3,(H,17,19). The average molecular weight is 258 g/mol. The molecule has 2 unspecified atom stereocenters. The van der Waals surface area contributed by atoms with Gasteiger partial charge in [-0.15, -0.1) is 0 Å². The van der Waals surface area contributed by atoms with E-state index in [0.717, 1.165) is 5.39 Å². The summed E-state index contributed by atoms with van der Waals surface area (Å²) in [4.78, 5) is 16.5. The lowest BCUT2D eigenvalue weighted by Gasteiger charge is -2.15. The van der Waals surface area contributed by atoms with Gasteiger partial charge < -0.3 is 10.4 Å². The molecule has 0 saturated carbocycles. The maximum Gasteiger partial charge on any atom is 0.253 e. The number of pyridine rings is 1. The monoisotopic (exact) mass is 258 g/mol. The number of carbonyl (C=O) groups is 1. The zero-order valence-electron chi connectivity index (χ0n) is 11.1. The van der Waals surface area contributed by atoms with E-state index < -0.39 is 6.10 Å². The van der Waals surface area contributed by atoms with Crippen LogP contribution >= 0.6 is 0 Å². The summed E-state index contributed by atoms with van der Waals surface area (Å²) in [5.74, 6) is -0.155. The molecule has 1 heterocycles. The van der Waals surface area contributed by atoms with Crippen molar-refractivity contribution < 1.29 is 9.90 Å². The molecule has 0 fully saturated rings. The number of para-hydroxylation sites is 1. The van der Waals surface area contributed by atoms with Gasteiger partial charge in [0.05, 0.1) is 17.2 Å². The lowest BCUT2D eigenvalue weighted by atomic mass is 10.1. The number of hydrogen-bond acceptors (Lipinski definition) is 3. The van der Waals surface area contributed by atoms with Gasteiger partial charge in [0.25, 0.3) is 5.91 Å². The molecule has 0 aliphatic carbocycles. The van der Waals surface area contributed by atoms with E-state index in [9.17, 15) is 9.90 Å². The molecule has 0 saturated heterocycles. The molecule has 1 aromatic carbocycles. The summed E-state index contributed by atoms with van der Waals surface area (Å²) in [6, 6.07) is 9.24. The number of carbonyl (C=O) groups excluding carboxylic acids is 1. The third-order valence-electron chi connectivity index (χ3n) is 2.95. The average Bonchev–Trinajstić information content (AvgIpc) is 2.36. The Labute approximate surface area is 112 Å². The second-order valence-corrected chi connectivity index (χ2v) is 4.84. The number of benzene rings is 1. The van der Waals surface area contributed by atoms with Crippen LogP contribution in [-0.4, -0.2) is 28.1 Å². The van der Waals surface area contributed by atoms with Gasteiger partial charge in [0, 0.05) is 17.6 Å². The first kappa shape index (κ1) is 13.5. The fourth-order valence-corrected chi connectivity index (χ4v) is 2.16. The molecule has 4 nitrogen and oxygen atoms in total. The molecular weight excluding hydrogens is 240 g/mol. The normalized spacial score (nSPS) is 14.1. The second-order valence-electron chi connectivity index (χ2n) is 4.84. The van der Waals surface area contributed by atoms with Gasteiger partial charge in [-0.3, -0.25) is 9.78 Å². The van der Waals surface area contributed by atoms with Crippen LogP contribution in [0.15, 0.2) is 36.5 Å². The van der Waals surface area contributed by atoms with E-state index in [2.05, 4.69) is 10.3 Å². The Morgan fingerprint density at radius 2 is 2.05 bits per heavy atom. The highest BCUT2D eigenvalue weighted by Crippen LogP contribution is 2.16. The van der Waals surface area contributed by atoms with Crippen molar-refractivity contribution in [2.24, 2.45) is 0 Å². The highest BCUT2D eigenvalue weighted by molar-refractivity contribution is 6.05. The van der Waals surface area contributed by atoms with Gasteiger partial charge in [-0.1, -0.05) is 18.2 Å². The van der Waals surface area contributed by atoms with Crippen LogP contribution in [0.2, 0.25) is 0 Å². The number of aliphatic hydroxyl groups is 1. The van der Waals surface area contributed by atoms with Crippen molar-refractivity contribution >= 4 is 16.8 Å². The Morgan fingerprint density at radius 1 is 1.32 bits per heavy atom. The van der Waals surface area contributed by atoms with Gasteiger partial charge in [0.2, 0.25) is 0 Å². The summed E-state index contributed by atoms with van der Waals surface area (Å²) in [7, 11) is 0. The van der Waals surface area contributed by atoms with Crippen LogP contribution in [0.1, 0.15) is 30.6 Å². The SMILES string of the molecule is CC(O)CC(C)NC(=O)c1cccc2cccnc12. The molecule has 2 rings (SSSR count). The predicted molar refractivity (Wildman–Crippen MR) is 75.0 cm³/mol. The molecule has 2 N–H and O–H groups in total. The molecule has 100 valence electrons.